The topological polar surface area (TPSA) is 63.1 Å². The zero-order valence-corrected chi connectivity index (χ0v) is 10.6. The zero-order valence-electron chi connectivity index (χ0n) is 10.6. The molecular weight excluding hydrogens is 228 g/mol. The largest absolute Gasteiger partial charge is 0.476 e. The number of aromatic carboxylic acids is 1. The van der Waals surface area contributed by atoms with E-state index in [2.05, 4.69) is 10.2 Å². The lowest BCUT2D eigenvalue weighted by molar-refractivity contribution is 0.0688. The number of carboxylic acid groups (broad SMARTS) is 1. The van der Waals surface area contributed by atoms with Crippen LogP contribution in [0.5, 0.6) is 0 Å². The molecule has 4 nitrogen and oxygen atoms in total. The predicted molar refractivity (Wildman–Crippen MR) is 68.6 cm³/mol. The molecule has 1 heterocycles. The van der Waals surface area contributed by atoms with Crippen molar-refractivity contribution < 1.29 is 9.90 Å². The van der Waals surface area contributed by atoms with Gasteiger partial charge in [-0.25, -0.2) is 4.79 Å². The average Bonchev–Trinajstić information content (AvgIpc) is 2.31. The molecular formula is C14H14N2O2. The lowest BCUT2D eigenvalue weighted by Gasteiger charge is -2.07. The van der Waals surface area contributed by atoms with Gasteiger partial charge in [0, 0.05) is 5.56 Å². The molecule has 2 rings (SSSR count). The van der Waals surface area contributed by atoms with Crippen LogP contribution in [0.1, 0.15) is 27.2 Å². The van der Waals surface area contributed by atoms with E-state index in [1.807, 2.05) is 32.0 Å². The van der Waals surface area contributed by atoms with Crippen molar-refractivity contribution in [3.8, 4) is 11.3 Å². The molecule has 0 aliphatic heterocycles. The fourth-order valence-corrected chi connectivity index (χ4v) is 1.84. The summed E-state index contributed by atoms with van der Waals surface area (Å²) in [5.41, 5.74) is 4.55. The van der Waals surface area contributed by atoms with Crippen LogP contribution in [0.15, 0.2) is 24.3 Å². The number of hydrogen-bond donors (Lipinski definition) is 1. The molecule has 0 bridgehead atoms. The maximum Gasteiger partial charge on any atom is 0.356 e. The van der Waals surface area contributed by atoms with E-state index >= 15 is 0 Å². The van der Waals surface area contributed by atoms with E-state index < -0.39 is 5.97 Å². The minimum absolute atomic E-state index is 0.00376. The third-order valence-corrected chi connectivity index (χ3v) is 2.86. The Hall–Kier alpha value is -2.23. The van der Waals surface area contributed by atoms with Crippen LogP contribution >= 0.6 is 0 Å². The third kappa shape index (κ3) is 2.22. The van der Waals surface area contributed by atoms with Crippen molar-refractivity contribution in [2.45, 2.75) is 20.8 Å². The monoisotopic (exact) mass is 242 g/mol. The van der Waals surface area contributed by atoms with Gasteiger partial charge >= 0.3 is 5.97 Å². The Bertz CT molecular complexity index is 621. The minimum atomic E-state index is -1.05. The number of aryl methyl sites for hydroxylation is 3. The molecule has 0 radical (unpaired) electrons. The van der Waals surface area contributed by atoms with Crippen LogP contribution in [0.3, 0.4) is 0 Å². The fourth-order valence-electron chi connectivity index (χ4n) is 1.84. The van der Waals surface area contributed by atoms with Crippen molar-refractivity contribution >= 4 is 5.97 Å². The molecule has 1 N–H and O–H groups in total. The third-order valence-electron chi connectivity index (χ3n) is 2.86. The predicted octanol–water partition coefficient (Wildman–Crippen LogP) is 2.77. The van der Waals surface area contributed by atoms with E-state index in [4.69, 9.17) is 5.11 Å². The summed E-state index contributed by atoms with van der Waals surface area (Å²) in [6, 6.07) is 7.84. The standard InChI is InChI=1S/C14H14N2O2/c1-8-4-5-9(2)11(6-8)12-7-10(3)13(14(17)18)16-15-12/h4-7H,1-3H3,(H,17,18). The highest BCUT2D eigenvalue weighted by atomic mass is 16.4. The van der Waals surface area contributed by atoms with E-state index in [0.717, 1.165) is 16.7 Å². The summed E-state index contributed by atoms with van der Waals surface area (Å²) in [6.45, 7) is 5.73. The van der Waals surface area contributed by atoms with Gasteiger partial charge in [0.25, 0.3) is 0 Å². The average molecular weight is 242 g/mol. The first kappa shape index (κ1) is 12.2. The Labute approximate surface area is 105 Å². The fraction of sp³-hybridized carbons (Fsp3) is 0.214. The van der Waals surface area contributed by atoms with Crippen LogP contribution in [0, 0.1) is 20.8 Å². The summed E-state index contributed by atoms with van der Waals surface area (Å²) in [5, 5.41) is 16.7. The molecule has 0 fully saturated rings. The molecule has 0 aliphatic carbocycles. The second kappa shape index (κ2) is 4.56. The number of rotatable bonds is 2. The number of carbonyl (C=O) groups is 1. The van der Waals surface area contributed by atoms with Gasteiger partial charge < -0.3 is 5.11 Å². The summed E-state index contributed by atoms with van der Waals surface area (Å²) in [6.07, 6.45) is 0. The lowest BCUT2D eigenvalue weighted by Crippen LogP contribution is -2.06. The van der Waals surface area contributed by atoms with Gasteiger partial charge in [0.1, 0.15) is 0 Å². The number of nitrogens with zero attached hydrogens (tertiary/aromatic N) is 2. The van der Waals surface area contributed by atoms with Crippen molar-refractivity contribution in [2.75, 3.05) is 0 Å². The van der Waals surface area contributed by atoms with Crippen molar-refractivity contribution in [1.82, 2.24) is 10.2 Å². The van der Waals surface area contributed by atoms with Crippen molar-refractivity contribution in [3.63, 3.8) is 0 Å². The molecule has 0 amide bonds. The highest BCUT2D eigenvalue weighted by Gasteiger charge is 2.12. The van der Waals surface area contributed by atoms with Gasteiger partial charge in [-0.1, -0.05) is 17.7 Å². The summed E-state index contributed by atoms with van der Waals surface area (Å²) < 4.78 is 0. The molecule has 18 heavy (non-hydrogen) atoms. The molecule has 0 atom stereocenters. The number of hydrogen-bond acceptors (Lipinski definition) is 3. The molecule has 1 aromatic carbocycles. The van der Waals surface area contributed by atoms with Gasteiger partial charge in [-0.2, -0.15) is 0 Å². The van der Waals surface area contributed by atoms with Crippen LogP contribution in [-0.2, 0) is 0 Å². The van der Waals surface area contributed by atoms with E-state index in [-0.39, 0.29) is 5.69 Å². The van der Waals surface area contributed by atoms with Crippen LogP contribution < -0.4 is 0 Å². The summed E-state index contributed by atoms with van der Waals surface area (Å²) in [4.78, 5) is 10.9. The first-order valence-corrected chi connectivity index (χ1v) is 5.64. The van der Waals surface area contributed by atoms with Gasteiger partial charge in [-0.05, 0) is 44.0 Å². The Morgan fingerprint density at radius 2 is 1.78 bits per heavy atom. The number of benzene rings is 1. The molecule has 92 valence electrons. The normalized spacial score (nSPS) is 10.4. The molecule has 4 heteroatoms. The Morgan fingerprint density at radius 3 is 2.39 bits per heavy atom. The first-order chi connectivity index (χ1) is 8.49. The van der Waals surface area contributed by atoms with E-state index in [1.165, 1.54) is 0 Å². The van der Waals surface area contributed by atoms with Crippen LogP contribution in [-0.4, -0.2) is 21.3 Å². The van der Waals surface area contributed by atoms with Gasteiger partial charge in [0.15, 0.2) is 5.69 Å². The second-order valence-electron chi connectivity index (χ2n) is 4.38. The molecule has 0 saturated heterocycles. The Balaban J connectivity index is 2.55. The number of aromatic nitrogens is 2. The second-order valence-corrected chi connectivity index (χ2v) is 4.38. The van der Waals surface area contributed by atoms with E-state index in [0.29, 0.717) is 11.3 Å². The van der Waals surface area contributed by atoms with Gasteiger partial charge in [0.05, 0.1) is 5.69 Å². The summed E-state index contributed by atoms with van der Waals surface area (Å²) in [7, 11) is 0. The van der Waals surface area contributed by atoms with E-state index in [1.54, 1.807) is 13.0 Å². The quantitative estimate of drug-likeness (QED) is 0.879. The Kier molecular flexibility index (Phi) is 3.10. The zero-order chi connectivity index (χ0) is 13.3. The summed E-state index contributed by atoms with van der Waals surface area (Å²) >= 11 is 0. The maximum atomic E-state index is 10.9. The minimum Gasteiger partial charge on any atom is -0.476 e. The van der Waals surface area contributed by atoms with Gasteiger partial charge in [-0.15, -0.1) is 10.2 Å². The van der Waals surface area contributed by atoms with Crippen LogP contribution in [0.25, 0.3) is 11.3 Å². The molecule has 0 spiro atoms. The number of carboxylic acids is 1. The highest BCUT2D eigenvalue weighted by molar-refractivity contribution is 5.87. The molecule has 0 aliphatic rings. The van der Waals surface area contributed by atoms with Crippen LogP contribution in [0.2, 0.25) is 0 Å². The van der Waals surface area contributed by atoms with Crippen molar-refractivity contribution in [1.29, 1.82) is 0 Å². The summed E-state index contributed by atoms with van der Waals surface area (Å²) in [5.74, 6) is -1.05. The van der Waals surface area contributed by atoms with Crippen molar-refractivity contribution in [3.05, 3.63) is 46.6 Å². The van der Waals surface area contributed by atoms with Gasteiger partial charge in [-0.3, -0.25) is 0 Å². The maximum absolute atomic E-state index is 10.9. The van der Waals surface area contributed by atoms with E-state index in [9.17, 15) is 4.79 Å². The molecule has 1 aromatic heterocycles. The first-order valence-electron chi connectivity index (χ1n) is 5.64. The van der Waals surface area contributed by atoms with Crippen molar-refractivity contribution in [2.24, 2.45) is 0 Å². The van der Waals surface area contributed by atoms with Gasteiger partial charge in [0.2, 0.25) is 0 Å². The molecule has 0 unspecified atom stereocenters. The van der Waals surface area contributed by atoms with Crippen LogP contribution in [0.4, 0.5) is 0 Å². The lowest BCUT2D eigenvalue weighted by atomic mass is 10.0. The molecule has 2 aromatic rings. The SMILES string of the molecule is Cc1ccc(C)c(-c2cc(C)c(C(=O)O)nn2)c1. The smallest absolute Gasteiger partial charge is 0.356 e. The molecule has 0 saturated carbocycles. The Morgan fingerprint density at radius 1 is 1.06 bits per heavy atom. The highest BCUT2D eigenvalue weighted by Crippen LogP contribution is 2.23.